The van der Waals surface area contributed by atoms with Crippen LogP contribution < -0.4 is 11.1 Å². The van der Waals surface area contributed by atoms with Crippen LogP contribution in [0.3, 0.4) is 0 Å². The van der Waals surface area contributed by atoms with Gasteiger partial charge in [-0.15, -0.1) is 11.3 Å². The summed E-state index contributed by atoms with van der Waals surface area (Å²) in [4.78, 5) is 26.6. The number of aromatic nitrogens is 1. The minimum Gasteiger partial charge on any atom is -0.481 e. The lowest BCUT2D eigenvalue weighted by Gasteiger charge is -2.12. The first-order valence-electron chi connectivity index (χ1n) is 6.21. The van der Waals surface area contributed by atoms with Gasteiger partial charge in [-0.1, -0.05) is 13.3 Å². The molecule has 7 heteroatoms. The summed E-state index contributed by atoms with van der Waals surface area (Å²) < 4.78 is 0. The molecule has 1 amide bonds. The molecule has 0 bridgehead atoms. The van der Waals surface area contributed by atoms with Crippen LogP contribution in [0.4, 0.5) is 0 Å². The molecule has 106 valence electrons. The van der Waals surface area contributed by atoms with Gasteiger partial charge in [-0.05, 0) is 12.5 Å². The van der Waals surface area contributed by atoms with Gasteiger partial charge < -0.3 is 16.2 Å². The molecule has 19 heavy (non-hydrogen) atoms. The van der Waals surface area contributed by atoms with E-state index in [0.29, 0.717) is 31.6 Å². The second kappa shape index (κ2) is 7.85. The van der Waals surface area contributed by atoms with Crippen molar-refractivity contribution in [2.75, 3.05) is 13.1 Å². The number of carbonyl (C=O) groups is 2. The maximum absolute atomic E-state index is 11.8. The van der Waals surface area contributed by atoms with E-state index in [9.17, 15) is 9.59 Å². The fourth-order valence-electron chi connectivity index (χ4n) is 1.59. The van der Waals surface area contributed by atoms with Crippen molar-refractivity contribution in [1.29, 1.82) is 0 Å². The number of carboxylic acids is 1. The molecular formula is C12H19N3O3S. The highest BCUT2D eigenvalue weighted by molar-refractivity contribution is 7.09. The number of nitrogens with zero attached hydrogens (tertiary/aromatic N) is 1. The lowest BCUT2D eigenvalue weighted by atomic mass is 10.0. The average molecular weight is 285 g/mol. The fourth-order valence-corrected chi connectivity index (χ4v) is 2.38. The Kier molecular flexibility index (Phi) is 6.44. The Morgan fingerprint density at radius 1 is 1.58 bits per heavy atom. The molecule has 1 aromatic rings. The maximum atomic E-state index is 11.8. The zero-order valence-corrected chi connectivity index (χ0v) is 11.7. The topological polar surface area (TPSA) is 105 Å². The van der Waals surface area contributed by atoms with Crippen molar-refractivity contribution in [1.82, 2.24) is 10.3 Å². The van der Waals surface area contributed by atoms with Gasteiger partial charge in [-0.25, -0.2) is 4.98 Å². The predicted molar refractivity (Wildman–Crippen MR) is 73.2 cm³/mol. The molecule has 0 radical (unpaired) electrons. The number of rotatable bonds is 8. The summed E-state index contributed by atoms with van der Waals surface area (Å²) in [5, 5.41) is 14.0. The smallest absolute Gasteiger partial charge is 0.303 e. The van der Waals surface area contributed by atoms with E-state index in [1.54, 1.807) is 5.38 Å². The van der Waals surface area contributed by atoms with Gasteiger partial charge in [0, 0.05) is 24.8 Å². The molecule has 0 aliphatic heterocycles. The molecule has 0 aliphatic carbocycles. The third kappa shape index (κ3) is 5.35. The summed E-state index contributed by atoms with van der Waals surface area (Å²) in [6.45, 7) is 2.76. The largest absolute Gasteiger partial charge is 0.481 e. The normalized spacial score (nSPS) is 12.1. The monoisotopic (exact) mass is 285 g/mol. The summed E-state index contributed by atoms with van der Waals surface area (Å²) in [6, 6.07) is 0. The Morgan fingerprint density at radius 2 is 2.32 bits per heavy atom. The van der Waals surface area contributed by atoms with Crippen molar-refractivity contribution < 1.29 is 14.7 Å². The number of amides is 1. The van der Waals surface area contributed by atoms with Gasteiger partial charge >= 0.3 is 5.97 Å². The van der Waals surface area contributed by atoms with Crippen LogP contribution in [0.5, 0.6) is 0 Å². The van der Waals surface area contributed by atoms with Gasteiger partial charge in [-0.2, -0.15) is 0 Å². The van der Waals surface area contributed by atoms with E-state index in [-0.39, 0.29) is 18.2 Å². The summed E-state index contributed by atoms with van der Waals surface area (Å²) in [6.07, 6.45) is 1.43. The lowest BCUT2D eigenvalue weighted by molar-refractivity contribution is -0.138. The lowest BCUT2D eigenvalue weighted by Crippen LogP contribution is -2.30. The first-order chi connectivity index (χ1) is 9.06. The Balaban J connectivity index is 2.47. The third-order valence-electron chi connectivity index (χ3n) is 2.73. The second-order valence-electron chi connectivity index (χ2n) is 4.25. The number of thiazole rings is 1. The summed E-state index contributed by atoms with van der Waals surface area (Å²) >= 11 is 1.41. The second-order valence-corrected chi connectivity index (χ2v) is 5.19. The highest BCUT2D eigenvalue weighted by Crippen LogP contribution is 2.11. The summed E-state index contributed by atoms with van der Waals surface area (Å²) in [5.41, 5.74) is 5.79. The first-order valence-corrected chi connectivity index (χ1v) is 7.09. The maximum Gasteiger partial charge on any atom is 0.303 e. The number of carbonyl (C=O) groups excluding carboxylic acids is 1. The van der Waals surface area contributed by atoms with E-state index in [0.717, 1.165) is 5.01 Å². The van der Waals surface area contributed by atoms with Gasteiger partial charge in [0.15, 0.2) is 0 Å². The van der Waals surface area contributed by atoms with E-state index in [1.165, 1.54) is 11.3 Å². The number of hydrogen-bond acceptors (Lipinski definition) is 5. The van der Waals surface area contributed by atoms with E-state index in [1.807, 2.05) is 6.92 Å². The van der Waals surface area contributed by atoms with Crippen LogP contribution in [0.1, 0.15) is 35.3 Å². The van der Waals surface area contributed by atoms with E-state index in [2.05, 4.69) is 10.3 Å². The average Bonchev–Trinajstić information content (AvgIpc) is 2.82. The first kappa shape index (κ1) is 15.6. The molecule has 1 unspecified atom stereocenters. The van der Waals surface area contributed by atoms with Crippen molar-refractivity contribution in [2.45, 2.75) is 26.2 Å². The number of nitrogens with one attached hydrogen (secondary N) is 1. The van der Waals surface area contributed by atoms with Gasteiger partial charge in [0.1, 0.15) is 5.69 Å². The van der Waals surface area contributed by atoms with Crippen molar-refractivity contribution in [3.8, 4) is 0 Å². The molecule has 1 atom stereocenters. The highest BCUT2D eigenvalue weighted by Gasteiger charge is 2.15. The number of hydrogen-bond donors (Lipinski definition) is 3. The SMILES string of the molecule is CCC(CNC(=O)c1csc(CCN)n1)CC(=O)O. The molecule has 6 nitrogen and oxygen atoms in total. The van der Waals surface area contributed by atoms with Gasteiger partial charge in [0.05, 0.1) is 5.01 Å². The Bertz CT molecular complexity index is 434. The highest BCUT2D eigenvalue weighted by atomic mass is 32.1. The Morgan fingerprint density at radius 3 is 2.89 bits per heavy atom. The predicted octanol–water partition coefficient (Wildman–Crippen LogP) is 0.875. The minimum atomic E-state index is -0.847. The summed E-state index contributed by atoms with van der Waals surface area (Å²) in [5.74, 6) is -1.16. The fraction of sp³-hybridized carbons (Fsp3) is 0.583. The Labute approximate surface area is 116 Å². The summed E-state index contributed by atoms with van der Waals surface area (Å²) in [7, 11) is 0. The van der Waals surface area contributed by atoms with E-state index in [4.69, 9.17) is 10.8 Å². The standard InChI is InChI=1S/C12H19N3O3S/c1-2-8(5-11(16)17)6-14-12(18)9-7-19-10(15-9)3-4-13/h7-8H,2-6,13H2,1H3,(H,14,18)(H,16,17). The molecule has 0 saturated carbocycles. The quantitative estimate of drug-likeness (QED) is 0.657. The van der Waals surface area contributed by atoms with Crippen LogP contribution in [-0.4, -0.2) is 35.1 Å². The van der Waals surface area contributed by atoms with Gasteiger partial charge in [0.25, 0.3) is 5.91 Å². The van der Waals surface area contributed by atoms with Gasteiger partial charge in [-0.3, -0.25) is 9.59 Å². The van der Waals surface area contributed by atoms with E-state index < -0.39 is 5.97 Å². The van der Waals surface area contributed by atoms with Crippen molar-refractivity contribution >= 4 is 23.2 Å². The Hall–Kier alpha value is -1.47. The van der Waals surface area contributed by atoms with Crippen LogP contribution in [0, 0.1) is 5.92 Å². The molecule has 0 aromatic carbocycles. The van der Waals surface area contributed by atoms with Crippen molar-refractivity contribution in [2.24, 2.45) is 11.7 Å². The van der Waals surface area contributed by atoms with Gasteiger partial charge in [0.2, 0.25) is 0 Å². The van der Waals surface area contributed by atoms with Crippen LogP contribution in [0.25, 0.3) is 0 Å². The molecule has 4 N–H and O–H groups in total. The molecule has 0 aliphatic rings. The molecule has 0 spiro atoms. The number of carboxylic acid groups (broad SMARTS) is 1. The van der Waals surface area contributed by atoms with Crippen LogP contribution in [0.2, 0.25) is 0 Å². The molecule has 1 heterocycles. The number of aliphatic carboxylic acids is 1. The third-order valence-corrected chi connectivity index (χ3v) is 3.64. The van der Waals surface area contributed by atoms with Crippen LogP contribution in [-0.2, 0) is 11.2 Å². The molecular weight excluding hydrogens is 266 g/mol. The van der Waals surface area contributed by atoms with Crippen molar-refractivity contribution in [3.63, 3.8) is 0 Å². The molecule has 1 aromatic heterocycles. The van der Waals surface area contributed by atoms with E-state index >= 15 is 0 Å². The molecule has 1 rings (SSSR count). The zero-order valence-electron chi connectivity index (χ0n) is 10.9. The molecule has 0 saturated heterocycles. The van der Waals surface area contributed by atoms with Crippen LogP contribution in [0.15, 0.2) is 5.38 Å². The van der Waals surface area contributed by atoms with Crippen LogP contribution >= 0.6 is 11.3 Å². The minimum absolute atomic E-state index is 0.0522. The number of nitrogens with two attached hydrogens (primary N) is 1. The molecule has 0 fully saturated rings. The zero-order chi connectivity index (χ0) is 14.3. The van der Waals surface area contributed by atoms with Crippen molar-refractivity contribution in [3.05, 3.63) is 16.1 Å².